The fourth-order valence-corrected chi connectivity index (χ4v) is 3.18. The first-order valence-electron chi connectivity index (χ1n) is 6.54. The van der Waals surface area contributed by atoms with Crippen LogP contribution in [0, 0.1) is 11.3 Å². The number of carboxylic acid groups (broad SMARTS) is 1. The van der Waals surface area contributed by atoms with Gasteiger partial charge in [0, 0.05) is 6.20 Å². The summed E-state index contributed by atoms with van der Waals surface area (Å²) in [6, 6.07) is 5.27. The quantitative estimate of drug-likeness (QED) is 0.915. The van der Waals surface area contributed by atoms with Crippen molar-refractivity contribution in [2.45, 2.75) is 31.2 Å². The SMILES string of the molecule is CCS(=O)(=O)c1c(C(=O)O)nc2ccc(C(C)(C)C#N)cn12. The molecule has 0 saturated heterocycles. The number of hydrogen-bond donors (Lipinski definition) is 1. The summed E-state index contributed by atoms with van der Waals surface area (Å²) in [6.45, 7) is 4.82. The monoisotopic (exact) mass is 321 g/mol. The molecule has 2 rings (SSSR count). The molecule has 2 heterocycles. The van der Waals surface area contributed by atoms with Crippen molar-refractivity contribution in [3.05, 3.63) is 29.6 Å². The lowest BCUT2D eigenvalue weighted by atomic mass is 9.88. The number of hydrogen-bond acceptors (Lipinski definition) is 5. The first-order chi connectivity index (χ1) is 10.1. The molecule has 0 spiro atoms. The van der Waals surface area contributed by atoms with Crippen LogP contribution in [0.2, 0.25) is 0 Å². The van der Waals surface area contributed by atoms with E-state index in [0.717, 1.165) is 0 Å². The van der Waals surface area contributed by atoms with E-state index in [9.17, 15) is 23.6 Å². The number of fused-ring (bicyclic) bond motifs is 1. The second-order valence-electron chi connectivity index (χ2n) is 5.36. The fourth-order valence-electron chi connectivity index (χ4n) is 2.03. The van der Waals surface area contributed by atoms with E-state index in [-0.39, 0.29) is 16.4 Å². The number of carboxylic acids is 1. The van der Waals surface area contributed by atoms with Crippen LogP contribution in [0.25, 0.3) is 5.65 Å². The molecule has 0 fully saturated rings. The summed E-state index contributed by atoms with van der Waals surface area (Å²) in [6.07, 6.45) is 1.46. The van der Waals surface area contributed by atoms with Crippen molar-refractivity contribution in [3.8, 4) is 6.07 Å². The smallest absolute Gasteiger partial charge is 0.357 e. The Kier molecular flexibility index (Phi) is 3.71. The van der Waals surface area contributed by atoms with Crippen molar-refractivity contribution in [2.75, 3.05) is 5.75 Å². The number of nitriles is 1. The molecule has 0 aromatic carbocycles. The van der Waals surface area contributed by atoms with Crippen LogP contribution in [0.15, 0.2) is 23.4 Å². The molecule has 0 bridgehead atoms. The minimum Gasteiger partial charge on any atom is -0.476 e. The molecule has 2 aromatic rings. The molecular formula is C14H15N3O4S. The third kappa shape index (κ3) is 2.44. The molecule has 0 unspecified atom stereocenters. The summed E-state index contributed by atoms with van der Waals surface area (Å²) in [5.41, 5.74) is -0.560. The molecule has 8 heteroatoms. The molecule has 7 nitrogen and oxygen atoms in total. The van der Waals surface area contributed by atoms with E-state index in [1.165, 1.54) is 23.6 Å². The highest BCUT2D eigenvalue weighted by atomic mass is 32.2. The van der Waals surface area contributed by atoms with E-state index in [0.29, 0.717) is 5.56 Å². The zero-order valence-corrected chi connectivity index (χ0v) is 13.2. The topological polar surface area (TPSA) is 113 Å². The number of sulfone groups is 1. The third-order valence-electron chi connectivity index (χ3n) is 3.45. The standard InChI is InChI=1S/C14H15N3O4S/c1-4-22(20,21)12-11(13(18)19)16-10-6-5-9(7-17(10)12)14(2,3)8-15/h5-7H,4H2,1-3H3,(H,18,19). The van der Waals surface area contributed by atoms with Gasteiger partial charge < -0.3 is 5.11 Å². The van der Waals surface area contributed by atoms with E-state index in [4.69, 9.17) is 0 Å². The van der Waals surface area contributed by atoms with E-state index >= 15 is 0 Å². The molecule has 116 valence electrons. The molecule has 0 aliphatic carbocycles. The van der Waals surface area contributed by atoms with Gasteiger partial charge in [-0.25, -0.2) is 18.2 Å². The van der Waals surface area contributed by atoms with Crippen LogP contribution in [0.4, 0.5) is 0 Å². The van der Waals surface area contributed by atoms with E-state index < -0.39 is 26.9 Å². The summed E-state index contributed by atoms with van der Waals surface area (Å²) < 4.78 is 25.7. The lowest BCUT2D eigenvalue weighted by Gasteiger charge is -2.16. The van der Waals surface area contributed by atoms with Crippen LogP contribution in [0.3, 0.4) is 0 Å². The summed E-state index contributed by atoms with van der Waals surface area (Å²) in [5.74, 6) is -1.65. The average molecular weight is 321 g/mol. The number of nitrogens with zero attached hydrogens (tertiary/aromatic N) is 3. The number of pyridine rings is 1. The Morgan fingerprint density at radius 3 is 2.59 bits per heavy atom. The van der Waals surface area contributed by atoms with Gasteiger partial charge in [-0.15, -0.1) is 0 Å². The van der Waals surface area contributed by atoms with Gasteiger partial charge in [0.25, 0.3) is 0 Å². The molecule has 0 aliphatic heterocycles. The Labute approximate surface area is 127 Å². The van der Waals surface area contributed by atoms with Gasteiger partial charge >= 0.3 is 5.97 Å². The largest absolute Gasteiger partial charge is 0.476 e. The van der Waals surface area contributed by atoms with E-state index in [1.807, 2.05) is 0 Å². The van der Waals surface area contributed by atoms with Crippen molar-refractivity contribution < 1.29 is 18.3 Å². The molecular weight excluding hydrogens is 306 g/mol. The molecule has 0 amide bonds. The van der Waals surface area contributed by atoms with Gasteiger partial charge in [-0.3, -0.25) is 4.40 Å². The molecule has 22 heavy (non-hydrogen) atoms. The summed E-state index contributed by atoms with van der Waals surface area (Å²) in [5, 5.41) is 18.1. The molecule has 1 N–H and O–H groups in total. The van der Waals surface area contributed by atoms with Crippen LogP contribution < -0.4 is 0 Å². The highest BCUT2D eigenvalue weighted by molar-refractivity contribution is 7.91. The Morgan fingerprint density at radius 2 is 2.09 bits per heavy atom. The van der Waals surface area contributed by atoms with Gasteiger partial charge in [0.1, 0.15) is 5.65 Å². The normalized spacial score (nSPS) is 12.3. The van der Waals surface area contributed by atoms with Crippen molar-refractivity contribution in [3.63, 3.8) is 0 Å². The zero-order chi connectivity index (χ0) is 16.7. The third-order valence-corrected chi connectivity index (χ3v) is 5.19. The van der Waals surface area contributed by atoms with Gasteiger partial charge in [-0.2, -0.15) is 5.26 Å². The second-order valence-corrected chi connectivity index (χ2v) is 7.55. The Hall–Kier alpha value is -2.40. The van der Waals surface area contributed by atoms with Crippen LogP contribution >= 0.6 is 0 Å². The van der Waals surface area contributed by atoms with Gasteiger partial charge in [0.05, 0.1) is 17.2 Å². The van der Waals surface area contributed by atoms with Gasteiger partial charge in [-0.1, -0.05) is 13.0 Å². The number of aromatic carboxylic acids is 1. The van der Waals surface area contributed by atoms with Crippen LogP contribution in [0.5, 0.6) is 0 Å². The van der Waals surface area contributed by atoms with Gasteiger partial charge in [0.2, 0.25) is 0 Å². The Morgan fingerprint density at radius 1 is 1.45 bits per heavy atom. The lowest BCUT2D eigenvalue weighted by molar-refractivity contribution is 0.0686. The second kappa shape index (κ2) is 5.10. The van der Waals surface area contributed by atoms with Crippen LogP contribution in [-0.4, -0.2) is 34.6 Å². The maximum Gasteiger partial charge on any atom is 0.357 e. The van der Waals surface area contributed by atoms with E-state index in [1.54, 1.807) is 19.9 Å². The summed E-state index contributed by atoms with van der Waals surface area (Å²) in [7, 11) is -3.79. The lowest BCUT2D eigenvalue weighted by Crippen LogP contribution is -2.16. The predicted molar refractivity (Wildman–Crippen MR) is 78.5 cm³/mol. The highest BCUT2D eigenvalue weighted by Gasteiger charge is 2.29. The maximum absolute atomic E-state index is 12.2. The number of carbonyl (C=O) groups is 1. The number of aromatic nitrogens is 2. The molecule has 0 saturated carbocycles. The van der Waals surface area contributed by atoms with Gasteiger partial charge in [0.15, 0.2) is 20.6 Å². The molecule has 2 aromatic heterocycles. The first kappa shape index (κ1) is 16.0. The Bertz CT molecular complexity index is 904. The molecule has 0 atom stereocenters. The van der Waals surface area contributed by atoms with Crippen LogP contribution in [0.1, 0.15) is 36.8 Å². The molecule has 0 aliphatic rings. The highest BCUT2D eigenvalue weighted by Crippen LogP contribution is 2.26. The van der Waals surface area contributed by atoms with Crippen molar-refractivity contribution >= 4 is 21.5 Å². The Balaban J connectivity index is 2.91. The van der Waals surface area contributed by atoms with E-state index in [2.05, 4.69) is 11.1 Å². The molecule has 0 radical (unpaired) electrons. The first-order valence-corrected chi connectivity index (χ1v) is 8.19. The number of rotatable bonds is 4. The van der Waals surface area contributed by atoms with Crippen LogP contribution in [-0.2, 0) is 15.3 Å². The minimum atomic E-state index is -3.79. The maximum atomic E-state index is 12.2. The minimum absolute atomic E-state index is 0.210. The van der Waals surface area contributed by atoms with Crippen molar-refractivity contribution in [2.24, 2.45) is 0 Å². The number of imidazole rings is 1. The summed E-state index contributed by atoms with van der Waals surface area (Å²) >= 11 is 0. The van der Waals surface area contributed by atoms with Crippen molar-refractivity contribution in [1.82, 2.24) is 9.38 Å². The van der Waals surface area contributed by atoms with Gasteiger partial charge in [-0.05, 0) is 25.5 Å². The predicted octanol–water partition coefficient (Wildman–Crippen LogP) is 1.63. The summed E-state index contributed by atoms with van der Waals surface area (Å²) in [4.78, 5) is 15.2. The fraction of sp³-hybridized carbons (Fsp3) is 0.357. The zero-order valence-electron chi connectivity index (χ0n) is 12.4. The van der Waals surface area contributed by atoms with Crippen molar-refractivity contribution in [1.29, 1.82) is 5.26 Å². The average Bonchev–Trinajstić information content (AvgIpc) is 2.86.